The van der Waals surface area contributed by atoms with Crippen LogP contribution in [0, 0.1) is 0 Å². The highest BCUT2D eigenvalue weighted by molar-refractivity contribution is 4.95. The lowest BCUT2D eigenvalue weighted by atomic mass is 10.2. The highest BCUT2D eigenvalue weighted by Crippen LogP contribution is 2.27. The Labute approximate surface area is 82.8 Å². The fourth-order valence-electron chi connectivity index (χ4n) is 1.46. The van der Waals surface area contributed by atoms with Crippen molar-refractivity contribution in [1.29, 1.82) is 0 Å². The maximum Gasteiger partial charge on any atom is 0.255 e. The first-order chi connectivity index (χ1) is 6.81. The molecule has 1 aliphatic rings. The third-order valence-electron chi connectivity index (χ3n) is 2.48. The van der Waals surface area contributed by atoms with E-state index in [-0.39, 0.29) is 12.1 Å². The Morgan fingerprint density at radius 3 is 3.07 bits per heavy atom. The van der Waals surface area contributed by atoms with Crippen molar-refractivity contribution < 1.29 is 9.26 Å². The SMILES string of the molecule is CNC(C)c1noc(C2CCCO2)n1. The van der Waals surface area contributed by atoms with Gasteiger partial charge in [0.1, 0.15) is 6.10 Å². The largest absolute Gasteiger partial charge is 0.368 e. The first kappa shape index (κ1) is 9.61. The molecule has 0 radical (unpaired) electrons. The summed E-state index contributed by atoms with van der Waals surface area (Å²) in [5.74, 6) is 1.30. The van der Waals surface area contributed by atoms with Crippen LogP contribution in [-0.2, 0) is 4.74 Å². The number of ether oxygens (including phenoxy) is 1. The molecule has 1 aromatic heterocycles. The van der Waals surface area contributed by atoms with Crippen molar-refractivity contribution in [2.75, 3.05) is 13.7 Å². The number of nitrogens with zero attached hydrogens (tertiary/aromatic N) is 2. The second-order valence-electron chi connectivity index (χ2n) is 3.50. The Bertz CT molecular complexity index is 294. The molecule has 2 unspecified atom stereocenters. The molecule has 1 saturated heterocycles. The average molecular weight is 197 g/mol. The van der Waals surface area contributed by atoms with Crippen LogP contribution < -0.4 is 5.32 Å². The van der Waals surface area contributed by atoms with Gasteiger partial charge < -0.3 is 14.6 Å². The number of aromatic nitrogens is 2. The molecule has 0 aromatic carbocycles. The summed E-state index contributed by atoms with van der Waals surface area (Å²) in [6.45, 7) is 2.79. The predicted molar refractivity (Wildman–Crippen MR) is 49.7 cm³/mol. The van der Waals surface area contributed by atoms with Gasteiger partial charge in [0.2, 0.25) is 0 Å². The van der Waals surface area contributed by atoms with E-state index in [1.54, 1.807) is 0 Å². The van der Waals surface area contributed by atoms with Gasteiger partial charge in [-0.15, -0.1) is 0 Å². The van der Waals surface area contributed by atoms with Crippen LogP contribution in [0.3, 0.4) is 0 Å². The van der Waals surface area contributed by atoms with E-state index in [9.17, 15) is 0 Å². The van der Waals surface area contributed by atoms with E-state index in [0.29, 0.717) is 11.7 Å². The Kier molecular flexibility index (Phi) is 2.79. The quantitative estimate of drug-likeness (QED) is 0.789. The van der Waals surface area contributed by atoms with Crippen LogP contribution in [0.2, 0.25) is 0 Å². The Morgan fingerprint density at radius 2 is 2.43 bits per heavy atom. The van der Waals surface area contributed by atoms with E-state index in [4.69, 9.17) is 9.26 Å². The third kappa shape index (κ3) is 1.78. The minimum Gasteiger partial charge on any atom is -0.368 e. The van der Waals surface area contributed by atoms with Crippen LogP contribution in [-0.4, -0.2) is 23.8 Å². The predicted octanol–water partition coefficient (Wildman–Crippen LogP) is 1.20. The molecule has 1 aromatic rings. The van der Waals surface area contributed by atoms with Crippen LogP contribution in [0.4, 0.5) is 0 Å². The summed E-state index contributed by atoms with van der Waals surface area (Å²) in [6, 6.07) is 0.119. The Hall–Kier alpha value is -0.940. The molecule has 78 valence electrons. The minimum absolute atomic E-state index is 0.0142. The summed E-state index contributed by atoms with van der Waals surface area (Å²) in [5.41, 5.74) is 0. The normalized spacial score (nSPS) is 24.0. The van der Waals surface area contributed by atoms with Crippen molar-refractivity contribution in [2.45, 2.75) is 31.9 Å². The molecule has 5 nitrogen and oxygen atoms in total. The lowest BCUT2D eigenvalue weighted by Crippen LogP contribution is -2.13. The summed E-state index contributed by atoms with van der Waals surface area (Å²) in [7, 11) is 1.87. The molecule has 0 saturated carbocycles. The van der Waals surface area contributed by atoms with Crippen molar-refractivity contribution >= 4 is 0 Å². The van der Waals surface area contributed by atoms with Crippen LogP contribution in [0.1, 0.15) is 43.6 Å². The maximum atomic E-state index is 5.45. The van der Waals surface area contributed by atoms with Gasteiger partial charge in [0, 0.05) is 6.61 Å². The van der Waals surface area contributed by atoms with E-state index in [0.717, 1.165) is 19.4 Å². The zero-order chi connectivity index (χ0) is 9.97. The zero-order valence-electron chi connectivity index (χ0n) is 8.49. The van der Waals surface area contributed by atoms with Gasteiger partial charge in [-0.2, -0.15) is 4.98 Å². The standard InChI is InChI=1S/C9H15N3O2/c1-6(10-2)8-11-9(14-12-8)7-4-3-5-13-7/h6-7,10H,3-5H2,1-2H3. The van der Waals surface area contributed by atoms with E-state index >= 15 is 0 Å². The third-order valence-corrected chi connectivity index (χ3v) is 2.48. The van der Waals surface area contributed by atoms with Gasteiger partial charge in [-0.3, -0.25) is 0 Å². The molecule has 1 N–H and O–H groups in total. The lowest BCUT2D eigenvalue weighted by molar-refractivity contribution is 0.0835. The minimum atomic E-state index is 0.0142. The maximum absolute atomic E-state index is 5.45. The first-order valence-corrected chi connectivity index (χ1v) is 4.93. The number of hydrogen-bond donors (Lipinski definition) is 1. The van der Waals surface area contributed by atoms with Gasteiger partial charge in [0.05, 0.1) is 6.04 Å². The van der Waals surface area contributed by atoms with E-state index < -0.39 is 0 Å². The topological polar surface area (TPSA) is 60.2 Å². The van der Waals surface area contributed by atoms with E-state index in [1.807, 2.05) is 14.0 Å². The molecule has 2 atom stereocenters. The number of rotatable bonds is 3. The van der Waals surface area contributed by atoms with Gasteiger partial charge in [-0.1, -0.05) is 5.16 Å². The summed E-state index contributed by atoms with van der Waals surface area (Å²) in [4.78, 5) is 4.30. The summed E-state index contributed by atoms with van der Waals surface area (Å²) < 4.78 is 10.6. The van der Waals surface area contributed by atoms with Crippen LogP contribution >= 0.6 is 0 Å². The van der Waals surface area contributed by atoms with E-state index in [1.165, 1.54) is 0 Å². The zero-order valence-corrected chi connectivity index (χ0v) is 8.49. The monoisotopic (exact) mass is 197 g/mol. The Morgan fingerprint density at radius 1 is 1.57 bits per heavy atom. The van der Waals surface area contributed by atoms with Crippen molar-refractivity contribution in [3.63, 3.8) is 0 Å². The molecule has 2 heterocycles. The van der Waals surface area contributed by atoms with Gasteiger partial charge in [-0.25, -0.2) is 0 Å². The molecule has 5 heteroatoms. The van der Waals surface area contributed by atoms with Crippen molar-refractivity contribution in [2.24, 2.45) is 0 Å². The molecular weight excluding hydrogens is 182 g/mol. The Balaban J connectivity index is 2.08. The average Bonchev–Trinajstić information content (AvgIpc) is 2.86. The van der Waals surface area contributed by atoms with Gasteiger partial charge in [-0.05, 0) is 26.8 Å². The molecular formula is C9H15N3O2. The molecule has 0 spiro atoms. The lowest BCUT2D eigenvalue weighted by Gasteiger charge is -2.03. The molecule has 2 rings (SSSR count). The van der Waals surface area contributed by atoms with Crippen molar-refractivity contribution in [3.05, 3.63) is 11.7 Å². The van der Waals surface area contributed by atoms with Gasteiger partial charge in [0.25, 0.3) is 5.89 Å². The number of nitrogens with one attached hydrogen (secondary N) is 1. The molecule has 0 aliphatic carbocycles. The van der Waals surface area contributed by atoms with Crippen molar-refractivity contribution in [3.8, 4) is 0 Å². The number of hydrogen-bond acceptors (Lipinski definition) is 5. The molecule has 0 amide bonds. The van der Waals surface area contributed by atoms with E-state index in [2.05, 4.69) is 15.5 Å². The first-order valence-electron chi connectivity index (χ1n) is 4.93. The van der Waals surface area contributed by atoms with Crippen LogP contribution in [0.25, 0.3) is 0 Å². The fourth-order valence-corrected chi connectivity index (χ4v) is 1.46. The summed E-state index contributed by atoms with van der Waals surface area (Å²) in [6.07, 6.45) is 2.07. The highest BCUT2D eigenvalue weighted by Gasteiger charge is 2.24. The summed E-state index contributed by atoms with van der Waals surface area (Å²) in [5, 5.41) is 6.96. The molecule has 1 aliphatic heterocycles. The fraction of sp³-hybridized carbons (Fsp3) is 0.778. The van der Waals surface area contributed by atoms with Crippen molar-refractivity contribution in [1.82, 2.24) is 15.5 Å². The molecule has 0 bridgehead atoms. The van der Waals surface area contributed by atoms with Gasteiger partial charge >= 0.3 is 0 Å². The smallest absolute Gasteiger partial charge is 0.255 e. The molecule has 1 fully saturated rings. The highest BCUT2D eigenvalue weighted by atomic mass is 16.5. The second-order valence-corrected chi connectivity index (χ2v) is 3.50. The second kappa shape index (κ2) is 4.06. The van der Waals surface area contributed by atoms with Crippen LogP contribution in [0.5, 0.6) is 0 Å². The van der Waals surface area contributed by atoms with Crippen LogP contribution in [0.15, 0.2) is 4.52 Å². The van der Waals surface area contributed by atoms with Gasteiger partial charge in [0.15, 0.2) is 5.82 Å². The summed E-state index contributed by atoms with van der Waals surface area (Å²) >= 11 is 0. The molecule has 14 heavy (non-hydrogen) atoms.